The van der Waals surface area contributed by atoms with Crippen molar-refractivity contribution < 1.29 is 42.9 Å². The summed E-state index contributed by atoms with van der Waals surface area (Å²) in [6, 6.07) is 5.83. The topological polar surface area (TPSA) is 174 Å². The van der Waals surface area contributed by atoms with Crippen molar-refractivity contribution in [3.8, 4) is 5.75 Å². The van der Waals surface area contributed by atoms with E-state index in [2.05, 4.69) is 41.7 Å². The maximum atomic E-state index is 13.1. The second-order valence-electron chi connectivity index (χ2n) is 11.5. The fraction of sp³-hybridized carbons (Fsp3) is 0.581. The molecule has 4 N–H and O–H groups in total. The van der Waals surface area contributed by atoms with Gasteiger partial charge in [-0.15, -0.1) is 0 Å². The van der Waals surface area contributed by atoms with Crippen molar-refractivity contribution in [1.29, 1.82) is 0 Å². The van der Waals surface area contributed by atoms with Crippen molar-refractivity contribution in [2.24, 2.45) is 11.8 Å². The number of nitrogens with one attached hydrogen (secondary N) is 4. The van der Waals surface area contributed by atoms with Crippen molar-refractivity contribution >= 4 is 40.4 Å². The quantitative estimate of drug-likeness (QED) is 0.276. The molecule has 2 aliphatic rings. The smallest absolute Gasteiger partial charge is 0.366 e. The maximum absolute atomic E-state index is 13.1. The first-order valence-electron chi connectivity index (χ1n) is 14.9. The summed E-state index contributed by atoms with van der Waals surface area (Å²) in [5.41, 5.74) is 0.921. The number of hydrogen-bond donors (Lipinski definition) is 4. The number of amides is 3. The van der Waals surface area contributed by atoms with E-state index in [-0.39, 0.29) is 18.0 Å². The van der Waals surface area contributed by atoms with Crippen molar-refractivity contribution in [2.45, 2.75) is 65.2 Å². The molecule has 0 radical (unpaired) electrons. The number of ether oxygens (including phenoxy) is 4. The molecule has 242 valence electrons. The molecular weight excluding hydrogens is 572 g/mol. The van der Waals surface area contributed by atoms with Crippen molar-refractivity contribution in [3.63, 3.8) is 0 Å². The molecule has 3 heterocycles. The Morgan fingerprint density at radius 1 is 1.11 bits per heavy atom. The van der Waals surface area contributed by atoms with E-state index in [4.69, 9.17) is 18.9 Å². The number of hydrogen-bond acceptors (Lipinski definition) is 9. The molecule has 4 rings (SSSR count). The molecule has 0 spiro atoms. The predicted molar refractivity (Wildman–Crippen MR) is 161 cm³/mol. The van der Waals surface area contributed by atoms with E-state index in [0.717, 1.165) is 12.3 Å². The highest BCUT2D eigenvalue weighted by Crippen LogP contribution is 2.26. The highest BCUT2D eigenvalue weighted by Gasteiger charge is 2.40. The summed E-state index contributed by atoms with van der Waals surface area (Å²) >= 11 is 0. The molecule has 13 nitrogen and oxygen atoms in total. The van der Waals surface area contributed by atoms with Crippen LogP contribution in [0.5, 0.6) is 5.75 Å². The fourth-order valence-electron chi connectivity index (χ4n) is 4.67. The lowest BCUT2D eigenvalue weighted by Gasteiger charge is -2.31. The third-order valence-corrected chi connectivity index (χ3v) is 6.90. The predicted octanol–water partition coefficient (Wildman–Crippen LogP) is 2.24. The lowest BCUT2D eigenvalue weighted by atomic mass is 9.90. The molecule has 0 aliphatic carbocycles. The number of fused-ring (bicyclic) bond motifs is 1. The largest absolute Gasteiger partial charge is 0.496 e. The van der Waals surface area contributed by atoms with Crippen LogP contribution in [0.25, 0.3) is 10.9 Å². The highest BCUT2D eigenvalue weighted by atomic mass is 16.7. The Morgan fingerprint density at radius 3 is 2.48 bits per heavy atom. The molecule has 2 aliphatic heterocycles. The van der Waals surface area contributed by atoms with Gasteiger partial charge in [-0.3, -0.25) is 19.2 Å². The highest BCUT2D eigenvalue weighted by molar-refractivity contribution is 6.01. The van der Waals surface area contributed by atoms with Crippen molar-refractivity contribution in [1.82, 2.24) is 20.9 Å². The third-order valence-electron chi connectivity index (χ3n) is 6.90. The van der Waals surface area contributed by atoms with Crippen LogP contribution in [0, 0.1) is 11.8 Å². The Balaban J connectivity index is 0.00000124. The number of rotatable bonds is 11. The number of methoxy groups -OCH3 is 1. The van der Waals surface area contributed by atoms with E-state index in [0.29, 0.717) is 49.3 Å². The summed E-state index contributed by atoms with van der Waals surface area (Å²) in [6.45, 7) is 8.01. The average molecular weight is 617 g/mol. The summed E-state index contributed by atoms with van der Waals surface area (Å²) in [5, 5.41) is 8.57. The number of aromatic nitrogens is 1. The molecule has 2 atom stereocenters. The van der Waals surface area contributed by atoms with Crippen LogP contribution in [0.4, 0.5) is 0 Å². The number of carbonyl (C=O) groups is 5. The van der Waals surface area contributed by atoms with Crippen LogP contribution in [0.3, 0.4) is 0 Å². The number of carbonyl (C=O) groups excluding carboxylic acids is 5. The van der Waals surface area contributed by atoms with Crippen LogP contribution in [-0.4, -0.2) is 86.3 Å². The normalized spacial score (nSPS) is 18.3. The standard InChI is InChI=1S/C27H34N4O9.C4H10/c1-27(39-10-5-11-40-27)26(36)38-15-21(32)19(12-16-6-4-9-28-24(16)34)31-23(33)14-29-25(35)20-13-17-18(30-20)7-3-8-22(17)37-2;1-4(2)3/h3,7-8,13,16,19,30H,4-6,9-12,14-15H2,1-2H3,(H,28,34)(H,29,35)(H,31,33);4H,1-3H3/t16-,19-;/m0./s1. The minimum absolute atomic E-state index is 0.0218. The first-order chi connectivity index (χ1) is 20.9. The third kappa shape index (κ3) is 9.78. The van der Waals surface area contributed by atoms with E-state index in [1.807, 2.05) is 0 Å². The number of Topliss-reactive ketones (excluding diaryl/α,β-unsaturated/α-hetero) is 1. The molecule has 2 saturated heterocycles. The van der Waals surface area contributed by atoms with Gasteiger partial charge in [0.1, 0.15) is 11.4 Å². The van der Waals surface area contributed by atoms with Crippen molar-refractivity contribution in [2.75, 3.05) is 40.0 Å². The number of aromatic amines is 1. The minimum atomic E-state index is -1.61. The zero-order chi connectivity index (χ0) is 32.3. The lowest BCUT2D eigenvalue weighted by Crippen LogP contribution is -2.50. The van der Waals surface area contributed by atoms with E-state index in [9.17, 15) is 24.0 Å². The minimum Gasteiger partial charge on any atom is -0.496 e. The van der Waals surface area contributed by atoms with Gasteiger partial charge in [-0.25, -0.2) is 4.79 Å². The van der Waals surface area contributed by atoms with E-state index in [1.165, 1.54) is 14.0 Å². The fourth-order valence-corrected chi connectivity index (χ4v) is 4.67. The number of H-pyrrole nitrogens is 1. The van der Waals surface area contributed by atoms with Gasteiger partial charge in [0, 0.05) is 30.3 Å². The van der Waals surface area contributed by atoms with Gasteiger partial charge in [-0.05, 0) is 49.8 Å². The average Bonchev–Trinajstić information content (AvgIpc) is 3.44. The van der Waals surface area contributed by atoms with Crippen LogP contribution in [-0.2, 0) is 33.4 Å². The molecule has 2 fully saturated rings. The van der Waals surface area contributed by atoms with Crippen molar-refractivity contribution in [3.05, 3.63) is 30.0 Å². The van der Waals surface area contributed by atoms with Gasteiger partial charge in [0.15, 0.2) is 12.4 Å². The molecule has 44 heavy (non-hydrogen) atoms. The molecule has 0 saturated carbocycles. The zero-order valence-corrected chi connectivity index (χ0v) is 26.1. The van der Waals surface area contributed by atoms with Crippen LogP contribution in [0.2, 0.25) is 0 Å². The van der Waals surface area contributed by atoms with Gasteiger partial charge in [0.05, 0.1) is 32.9 Å². The van der Waals surface area contributed by atoms with Gasteiger partial charge in [0.25, 0.3) is 11.7 Å². The Hall–Kier alpha value is -3.97. The number of ketones is 1. The molecule has 0 unspecified atom stereocenters. The Kier molecular flexibility index (Phi) is 12.7. The molecule has 3 amide bonds. The summed E-state index contributed by atoms with van der Waals surface area (Å²) < 4.78 is 21.2. The summed E-state index contributed by atoms with van der Waals surface area (Å²) in [6.07, 6.45) is 1.93. The van der Waals surface area contributed by atoms with Gasteiger partial charge in [0.2, 0.25) is 11.8 Å². The van der Waals surface area contributed by atoms with E-state index >= 15 is 0 Å². The molecule has 1 aromatic heterocycles. The first-order valence-corrected chi connectivity index (χ1v) is 14.9. The van der Waals surface area contributed by atoms with Crippen LogP contribution >= 0.6 is 0 Å². The van der Waals surface area contributed by atoms with Gasteiger partial charge in [-0.1, -0.05) is 26.8 Å². The summed E-state index contributed by atoms with van der Waals surface area (Å²) in [7, 11) is 1.53. The number of benzene rings is 1. The van der Waals surface area contributed by atoms with Crippen LogP contribution in [0.15, 0.2) is 24.3 Å². The Labute approximate surface area is 257 Å². The molecular formula is C31H44N4O9. The SMILES string of the molecule is CC(C)C.COc1cccc2[nH]c(C(=O)NCC(=O)N[C@@H](C[C@@H]3CCCNC3=O)C(=O)COC(=O)C3(C)OCCCO3)cc12. The van der Waals surface area contributed by atoms with Gasteiger partial charge < -0.3 is 39.9 Å². The van der Waals surface area contributed by atoms with E-state index in [1.54, 1.807) is 24.3 Å². The van der Waals surface area contributed by atoms with Gasteiger partial charge >= 0.3 is 5.97 Å². The number of piperidine rings is 1. The lowest BCUT2D eigenvalue weighted by molar-refractivity contribution is -0.260. The van der Waals surface area contributed by atoms with Crippen LogP contribution < -0.4 is 20.7 Å². The number of esters is 1. The first kappa shape index (κ1) is 34.5. The maximum Gasteiger partial charge on any atom is 0.366 e. The van der Waals surface area contributed by atoms with E-state index < -0.39 is 54.5 Å². The second-order valence-corrected chi connectivity index (χ2v) is 11.5. The molecule has 1 aromatic carbocycles. The molecule has 13 heteroatoms. The Bertz CT molecular complexity index is 1310. The summed E-state index contributed by atoms with van der Waals surface area (Å²) in [5.74, 6) is -3.54. The monoisotopic (exact) mass is 616 g/mol. The van der Waals surface area contributed by atoms with Crippen LogP contribution in [0.1, 0.15) is 63.9 Å². The Morgan fingerprint density at radius 2 is 1.82 bits per heavy atom. The van der Waals surface area contributed by atoms with Gasteiger partial charge in [-0.2, -0.15) is 0 Å². The molecule has 2 aromatic rings. The zero-order valence-electron chi connectivity index (χ0n) is 26.1. The summed E-state index contributed by atoms with van der Waals surface area (Å²) in [4.78, 5) is 66.3. The second kappa shape index (κ2) is 16.2. The molecule has 0 bridgehead atoms.